The molecule has 0 aliphatic rings. The number of pyridine rings is 1. The van der Waals surface area contributed by atoms with Crippen LogP contribution in [0.5, 0.6) is 5.75 Å². The molecule has 0 saturated heterocycles. The Kier molecular flexibility index (Phi) is 3.03. The summed E-state index contributed by atoms with van der Waals surface area (Å²) in [5.74, 6) is -2.03. The first-order chi connectivity index (χ1) is 6.97. The summed E-state index contributed by atoms with van der Waals surface area (Å²) in [6, 6.07) is 0.688. The molecule has 0 amide bonds. The highest BCUT2D eigenvalue weighted by atomic mass is 19.3. The minimum Gasteiger partial charge on any atom is -0.505 e. The lowest BCUT2D eigenvalue weighted by Gasteiger charge is -2.06. The Bertz CT molecular complexity index is 441. The van der Waals surface area contributed by atoms with Crippen LogP contribution in [-0.2, 0) is 4.74 Å². The quantitative estimate of drug-likeness (QED) is 0.721. The normalized spacial score (nSPS) is 10.4. The molecule has 1 aromatic rings. The Morgan fingerprint density at radius 1 is 1.60 bits per heavy atom. The number of hydrogen-bond acceptors (Lipinski definition) is 4. The molecule has 0 unspecified atom stereocenters. The smallest absolute Gasteiger partial charge is 0.341 e. The second-order valence-corrected chi connectivity index (χ2v) is 2.60. The van der Waals surface area contributed by atoms with E-state index in [1.165, 1.54) is 0 Å². The third-order valence-electron chi connectivity index (χ3n) is 1.67. The second kappa shape index (κ2) is 4.07. The number of aromatic hydroxyl groups is 1. The van der Waals surface area contributed by atoms with Crippen molar-refractivity contribution in [2.45, 2.75) is 6.43 Å². The first kappa shape index (κ1) is 11.2. The summed E-state index contributed by atoms with van der Waals surface area (Å²) in [6.07, 6.45) is -3.08. The zero-order valence-electron chi connectivity index (χ0n) is 7.58. The topological polar surface area (TPSA) is 79.4 Å². The summed E-state index contributed by atoms with van der Waals surface area (Å²) in [6.45, 7) is 0. The van der Waals surface area contributed by atoms with E-state index in [0.29, 0.717) is 6.07 Å². The molecule has 0 atom stereocenters. The van der Waals surface area contributed by atoms with E-state index < -0.39 is 35.0 Å². The molecule has 1 heterocycles. The Balaban J connectivity index is 3.41. The van der Waals surface area contributed by atoms with E-state index >= 15 is 0 Å². The van der Waals surface area contributed by atoms with E-state index in [1.807, 2.05) is 0 Å². The van der Waals surface area contributed by atoms with Gasteiger partial charge in [0.1, 0.15) is 11.3 Å². The molecule has 1 rings (SSSR count). The van der Waals surface area contributed by atoms with E-state index in [0.717, 1.165) is 7.11 Å². The summed E-state index contributed by atoms with van der Waals surface area (Å²) >= 11 is 0. The molecule has 7 heteroatoms. The molecule has 0 bridgehead atoms. The fourth-order valence-electron chi connectivity index (χ4n) is 0.996. The van der Waals surface area contributed by atoms with E-state index in [1.54, 1.807) is 4.98 Å². The van der Waals surface area contributed by atoms with Crippen LogP contribution in [0.4, 0.5) is 8.78 Å². The molecule has 0 spiro atoms. The van der Waals surface area contributed by atoms with Gasteiger partial charge in [-0.05, 0) is 0 Å². The van der Waals surface area contributed by atoms with E-state index in [9.17, 15) is 23.5 Å². The van der Waals surface area contributed by atoms with Crippen LogP contribution in [0, 0.1) is 0 Å². The molecule has 0 aromatic carbocycles. The maximum atomic E-state index is 12.3. The number of aromatic amines is 1. The van der Waals surface area contributed by atoms with Gasteiger partial charge in [0.25, 0.3) is 6.43 Å². The van der Waals surface area contributed by atoms with E-state index in [4.69, 9.17) is 0 Å². The third-order valence-corrected chi connectivity index (χ3v) is 1.67. The Hall–Kier alpha value is -1.92. The zero-order valence-corrected chi connectivity index (χ0v) is 7.58. The third kappa shape index (κ3) is 2.12. The summed E-state index contributed by atoms with van der Waals surface area (Å²) in [4.78, 5) is 23.6. The van der Waals surface area contributed by atoms with Crippen molar-refractivity contribution in [3.63, 3.8) is 0 Å². The highest BCUT2D eigenvalue weighted by molar-refractivity contribution is 5.92. The predicted molar refractivity (Wildman–Crippen MR) is 45.0 cm³/mol. The van der Waals surface area contributed by atoms with Gasteiger partial charge in [0.05, 0.1) is 7.11 Å². The number of carbonyl (C=O) groups excluding carboxylic acids is 1. The number of nitrogens with one attached hydrogen (secondary N) is 1. The van der Waals surface area contributed by atoms with Gasteiger partial charge < -0.3 is 14.8 Å². The number of carbonyl (C=O) groups is 1. The summed E-state index contributed by atoms with van der Waals surface area (Å²) < 4.78 is 28.8. The van der Waals surface area contributed by atoms with Crippen molar-refractivity contribution >= 4 is 5.97 Å². The molecule has 5 nitrogen and oxygen atoms in total. The molecule has 0 radical (unpaired) electrons. The van der Waals surface area contributed by atoms with Crippen molar-refractivity contribution < 1.29 is 23.4 Å². The number of rotatable bonds is 2. The average molecular weight is 219 g/mol. The molecular formula is C8H7F2NO4. The van der Waals surface area contributed by atoms with Crippen molar-refractivity contribution in [2.24, 2.45) is 0 Å². The molecule has 0 aliphatic carbocycles. The molecule has 0 aliphatic heterocycles. The Labute approximate surface area is 82.3 Å². The molecule has 15 heavy (non-hydrogen) atoms. The lowest BCUT2D eigenvalue weighted by atomic mass is 10.2. The molecule has 2 N–H and O–H groups in total. The number of ether oxygens (including phenoxy) is 1. The van der Waals surface area contributed by atoms with Crippen LogP contribution in [0.25, 0.3) is 0 Å². The van der Waals surface area contributed by atoms with Crippen LogP contribution in [-0.4, -0.2) is 23.2 Å². The minimum atomic E-state index is -3.08. The van der Waals surface area contributed by atoms with Crippen LogP contribution in [0.1, 0.15) is 22.5 Å². The van der Waals surface area contributed by atoms with Crippen LogP contribution >= 0.6 is 0 Å². The maximum absolute atomic E-state index is 12.3. The fraction of sp³-hybridized carbons (Fsp3) is 0.250. The predicted octanol–water partition coefficient (Wildman–Crippen LogP) is 0.805. The summed E-state index contributed by atoms with van der Waals surface area (Å²) in [5, 5.41) is 9.23. The fourth-order valence-corrected chi connectivity index (χ4v) is 0.996. The molecule has 82 valence electrons. The molecule has 1 aromatic heterocycles. The van der Waals surface area contributed by atoms with Crippen molar-refractivity contribution in [1.29, 1.82) is 0 Å². The SMILES string of the molecule is COC(=O)c1cc(=O)[nH]c(C(F)F)c1O. The largest absolute Gasteiger partial charge is 0.505 e. The number of aromatic nitrogens is 1. The van der Waals surface area contributed by atoms with Crippen LogP contribution in [0.2, 0.25) is 0 Å². The van der Waals surface area contributed by atoms with Crippen LogP contribution in [0.3, 0.4) is 0 Å². The standard InChI is InChI=1S/C8H7F2NO4/c1-15-8(14)3-2-4(12)11-5(6(3)13)7(9)10/h2,7,13H,1H3,(H,11,12). The second-order valence-electron chi connectivity index (χ2n) is 2.60. The van der Waals surface area contributed by atoms with Crippen LogP contribution in [0.15, 0.2) is 10.9 Å². The van der Waals surface area contributed by atoms with Gasteiger partial charge in [0.2, 0.25) is 5.56 Å². The van der Waals surface area contributed by atoms with E-state index in [-0.39, 0.29) is 0 Å². The van der Waals surface area contributed by atoms with Gasteiger partial charge in [-0.2, -0.15) is 0 Å². The van der Waals surface area contributed by atoms with Gasteiger partial charge in [0, 0.05) is 6.07 Å². The van der Waals surface area contributed by atoms with Crippen molar-refractivity contribution in [1.82, 2.24) is 4.98 Å². The number of H-pyrrole nitrogens is 1. The summed E-state index contributed by atoms with van der Waals surface area (Å²) in [7, 11) is 1.00. The van der Waals surface area contributed by atoms with Gasteiger partial charge in [-0.3, -0.25) is 4.79 Å². The van der Waals surface area contributed by atoms with Crippen LogP contribution < -0.4 is 5.56 Å². The van der Waals surface area contributed by atoms with Gasteiger partial charge in [-0.25, -0.2) is 13.6 Å². The van der Waals surface area contributed by atoms with Crippen molar-refractivity contribution in [2.75, 3.05) is 7.11 Å². The number of alkyl halides is 2. The number of hydrogen-bond donors (Lipinski definition) is 2. The Morgan fingerprint density at radius 2 is 2.20 bits per heavy atom. The van der Waals surface area contributed by atoms with Crippen molar-refractivity contribution in [3.8, 4) is 5.75 Å². The van der Waals surface area contributed by atoms with Gasteiger partial charge >= 0.3 is 5.97 Å². The summed E-state index contributed by atoms with van der Waals surface area (Å²) in [5.41, 5.74) is -2.50. The molecule has 0 saturated carbocycles. The maximum Gasteiger partial charge on any atom is 0.341 e. The number of halogens is 2. The Morgan fingerprint density at radius 3 is 2.67 bits per heavy atom. The van der Waals surface area contributed by atoms with Gasteiger partial charge in [0.15, 0.2) is 5.75 Å². The first-order valence-corrected chi connectivity index (χ1v) is 3.80. The molecule has 0 fully saturated rings. The highest BCUT2D eigenvalue weighted by Crippen LogP contribution is 2.27. The van der Waals surface area contributed by atoms with E-state index in [2.05, 4.69) is 4.74 Å². The van der Waals surface area contributed by atoms with Crippen molar-refractivity contribution in [3.05, 3.63) is 27.7 Å². The van der Waals surface area contributed by atoms with Gasteiger partial charge in [-0.15, -0.1) is 0 Å². The lowest BCUT2D eigenvalue weighted by Crippen LogP contribution is -2.14. The lowest BCUT2D eigenvalue weighted by molar-refractivity contribution is 0.0595. The average Bonchev–Trinajstić information content (AvgIpc) is 2.19. The minimum absolute atomic E-state index is 0.587. The number of methoxy groups -OCH3 is 1. The monoisotopic (exact) mass is 219 g/mol. The first-order valence-electron chi connectivity index (χ1n) is 3.80. The molecular weight excluding hydrogens is 212 g/mol. The highest BCUT2D eigenvalue weighted by Gasteiger charge is 2.21. The number of esters is 1. The van der Waals surface area contributed by atoms with Gasteiger partial charge in [-0.1, -0.05) is 0 Å². The zero-order chi connectivity index (χ0) is 11.6.